The summed E-state index contributed by atoms with van der Waals surface area (Å²) in [6.45, 7) is 2.65. The molecular formula is C18H23ClN2O2. The fourth-order valence-corrected chi connectivity index (χ4v) is 3.71. The molecule has 0 radical (unpaired) electrons. The minimum atomic E-state index is -0.257. The highest BCUT2D eigenvalue weighted by Gasteiger charge is 2.36. The summed E-state index contributed by atoms with van der Waals surface area (Å²) >= 11 is 5.89. The molecule has 0 aromatic heterocycles. The van der Waals surface area contributed by atoms with Crippen molar-refractivity contribution in [1.29, 1.82) is 0 Å². The molecule has 23 heavy (non-hydrogen) atoms. The molecule has 5 heteroatoms. The van der Waals surface area contributed by atoms with Crippen molar-refractivity contribution in [3.63, 3.8) is 0 Å². The van der Waals surface area contributed by atoms with Gasteiger partial charge in [0.2, 0.25) is 11.8 Å². The first-order valence-electron chi connectivity index (χ1n) is 8.41. The summed E-state index contributed by atoms with van der Waals surface area (Å²) in [5.74, 6) is 0.294. The first-order chi connectivity index (χ1) is 11.0. The fraction of sp³-hybridized carbons (Fsp3) is 0.556. The van der Waals surface area contributed by atoms with E-state index in [2.05, 4.69) is 12.2 Å². The SMILES string of the molecule is C[C@@H]1CCCC[C@H]1NC(=O)[C@H]1CC(=O)N(c2ccc(Cl)cc2)C1. The normalized spacial score (nSPS) is 28.0. The largest absolute Gasteiger partial charge is 0.353 e. The maximum absolute atomic E-state index is 12.5. The average Bonchev–Trinajstić information content (AvgIpc) is 2.92. The second kappa shape index (κ2) is 6.91. The van der Waals surface area contributed by atoms with E-state index in [9.17, 15) is 9.59 Å². The van der Waals surface area contributed by atoms with Crippen molar-refractivity contribution >= 4 is 29.1 Å². The number of halogens is 1. The molecule has 0 bridgehead atoms. The smallest absolute Gasteiger partial charge is 0.227 e. The van der Waals surface area contributed by atoms with Crippen molar-refractivity contribution in [2.24, 2.45) is 11.8 Å². The highest BCUT2D eigenvalue weighted by molar-refractivity contribution is 6.30. The zero-order valence-corrected chi connectivity index (χ0v) is 14.2. The Balaban J connectivity index is 1.62. The predicted molar refractivity (Wildman–Crippen MR) is 91.5 cm³/mol. The first kappa shape index (κ1) is 16.3. The topological polar surface area (TPSA) is 49.4 Å². The van der Waals surface area contributed by atoms with E-state index in [0.29, 0.717) is 17.5 Å². The number of carbonyl (C=O) groups is 2. The molecule has 1 N–H and O–H groups in total. The van der Waals surface area contributed by atoms with Gasteiger partial charge in [0.25, 0.3) is 0 Å². The summed E-state index contributed by atoms with van der Waals surface area (Å²) in [6, 6.07) is 7.44. The van der Waals surface area contributed by atoms with Crippen molar-refractivity contribution < 1.29 is 9.59 Å². The maximum atomic E-state index is 12.5. The van der Waals surface area contributed by atoms with Crippen molar-refractivity contribution in [3.05, 3.63) is 29.3 Å². The van der Waals surface area contributed by atoms with Crippen LogP contribution in [0.2, 0.25) is 5.02 Å². The van der Waals surface area contributed by atoms with Crippen molar-refractivity contribution in [2.75, 3.05) is 11.4 Å². The van der Waals surface area contributed by atoms with E-state index < -0.39 is 0 Å². The van der Waals surface area contributed by atoms with E-state index in [-0.39, 0.29) is 30.2 Å². The number of nitrogens with zero attached hydrogens (tertiary/aromatic N) is 1. The highest BCUT2D eigenvalue weighted by Crippen LogP contribution is 2.28. The third-order valence-electron chi connectivity index (χ3n) is 5.07. The van der Waals surface area contributed by atoms with Crippen LogP contribution in [-0.2, 0) is 9.59 Å². The Kier molecular flexibility index (Phi) is 4.90. The summed E-state index contributed by atoms with van der Waals surface area (Å²) in [4.78, 5) is 26.5. The van der Waals surface area contributed by atoms with E-state index in [1.54, 1.807) is 17.0 Å². The minimum Gasteiger partial charge on any atom is -0.353 e. The predicted octanol–water partition coefficient (Wildman–Crippen LogP) is 3.39. The van der Waals surface area contributed by atoms with Crippen LogP contribution in [-0.4, -0.2) is 24.4 Å². The summed E-state index contributed by atoms with van der Waals surface area (Å²) in [5, 5.41) is 3.81. The lowest BCUT2D eigenvalue weighted by molar-refractivity contribution is -0.127. The number of rotatable bonds is 3. The van der Waals surface area contributed by atoms with Gasteiger partial charge in [-0.1, -0.05) is 31.4 Å². The lowest BCUT2D eigenvalue weighted by atomic mass is 9.85. The Morgan fingerprint density at radius 1 is 1.22 bits per heavy atom. The molecule has 2 fully saturated rings. The van der Waals surface area contributed by atoms with Crippen LogP contribution in [0, 0.1) is 11.8 Å². The molecule has 2 amide bonds. The second-order valence-electron chi connectivity index (χ2n) is 6.76. The molecule has 124 valence electrons. The van der Waals surface area contributed by atoms with Gasteiger partial charge in [-0.05, 0) is 43.0 Å². The standard InChI is InChI=1S/C18H23ClN2O2/c1-12-4-2-3-5-16(12)20-18(23)13-10-17(22)21(11-13)15-8-6-14(19)7-9-15/h6-9,12-13,16H,2-5,10-11H2,1H3,(H,20,23)/t12-,13+,16-/m1/s1. The number of anilines is 1. The Labute approximate surface area is 142 Å². The highest BCUT2D eigenvalue weighted by atomic mass is 35.5. The zero-order valence-electron chi connectivity index (χ0n) is 13.4. The molecule has 1 aromatic rings. The van der Waals surface area contributed by atoms with Crippen LogP contribution < -0.4 is 10.2 Å². The minimum absolute atomic E-state index is 0.00386. The quantitative estimate of drug-likeness (QED) is 0.921. The van der Waals surface area contributed by atoms with E-state index in [1.807, 2.05) is 12.1 Å². The lowest BCUT2D eigenvalue weighted by Gasteiger charge is -2.30. The molecule has 3 rings (SSSR count). The summed E-state index contributed by atoms with van der Waals surface area (Å²) in [6.07, 6.45) is 4.94. The van der Waals surface area contributed by atoms with Crippen molar-refractivity contribution in [1.82, 2.24) is 5.32 Å². The molecule has 0 unspecified atom stereocenters. The van der Waals surface area contributed by atoms with Gasteiger partial charge in [-0.2, -0.15) is 0 Å². The maximum Gasteiger partial charge on any atom is 0.227 e. The van der Waals surface area contributed by atoms with Crippen molar-refractivity contribution in [3.8, 4) is 0 Å². The van der Waals surface area contributed by atoms with Gasteiger partial charge in [-0.25, -0.2) is 0 Å². The third kappa shape index (κ3) is 3.69. The van der Waals surface area contributed by atoms with Gasteiger partial charge in [-0.15, -0.1) is 0 Å². The number of amides is 2. The molecule has 1 saturated carbocycles. The number of hydrogen-bond donors (Lipinski definition) is 1. The van der Waals surface area contributed by atoms with Gasteiger partial charge < -0.3 is 10.2 Å². The molecule has 1 aliphatic carbocycles. The molecule has 1 heterocycles. The molecule has 1 aliphatic heterocycles. The van der Waals surface area contributed by atoms with E-state index >= 15 is 0 Å². The van der Waals surface area contributed by atoms with Crippen LogP contribution in [0.15, 0.2) is 24.3 Å². The molecule has 0 spiro atoms. The van der Waals surface area contributed by atoms with Gasteiger partial charge in [0.1, 0.15) is 0 Å². The van der Waals surface area contributed by atoms with Gasteiger partial charge in [0.15, 0.2) is 0 Å². The summed E-state index contributed by atoms with van der Waals surface area (Å²) in [5.41, 5.74) is 0.806. The van der Waals surface area contributed by atoms with Crippen LogP contribution in [0.25, 0.3) is 0 Å². The number of nitrogens with one attached hydrogen (secondary N) is 1. The summed E-state index contributed by atoms with van der Waals surface area (Å²) < 4.78 is 0. The molecule has 3 atom stereocenters. The van der Waals surface area contributed by atoms with Crippen LogP contribution in [0.5, 0.6) is 0 Å². The molecular weight excluding hydrogens is 312 g/mol. The number of benzene rings is 1. The van der Waals surface area contributed by atoms with Gasteiger partial charge >= 0.3 is 0 Å². The van der Waals surface area contributed by atoms with Crippen LogP contribution in [0.1, 0.15) is 39.0 Å². The Hall–Kier alpha value is -1.55. The van der Waals surface area contributed by atoms with E-state index in [0.717, 1.165) is 12.1 Å². The van der Waals surface area contributed by atoms with Gasteiger partial charge in [0.05, 0.1) is 5.92 Å². The monoisotopic (exact) mass is 334 g/mol. The molecule has 1 saturated heterocycles. The average molecular weight is 335 g/mol. The van der Waals surface area contributed by atoms with Crippen molar-refractivity contribution in [2.45, 2.75) is 45.1 Å². The third-order valence-corrected chi connectivity index (χ3v) is 5.33. The molecule has 2 aliphatic rings. The van der Waals surface area contributed by atoms with Gasteiger partial charge in [-0.3, -0.25) is 9.59 Å². The Morgan fingerprint density at radius 3 is 2.61 bits per heavy atom. The van der Waals surface area contributed by atoms with E-state index in [1.165, 1.54) is 19.3 Å². The van der Waals surface area contributed by atoms with E-state index in [4.69, 9.17) is 11.6 Å². The van der Waals surface area contributed by atoms with Crippen LogP contribution in [0.3, 0.4) is 0 Å². The van der Waals surface area contributed by atoms with Crippen LogP contribution >= 0.6 is 11.6 Å². The molecule has 4 nitrogen and oxygen atoms in total. The van der Waals surface area contributed by atoms with Gasteiger partial charge in [0, 0.05) is 29.7 Å². The fourth-order valence-electron chi connectivity index (χ4n) is 3.59. The zero-order chi connectivity index (χ0) is 16.4. The Bertz CT molecular complexity index is 587. The number of carbonyl (C=O) groups excluding carboxylic acids is 2. The first-order valence-corrected chi connectivity index (χ1v) is 8.78. The lowest BCUT2D eigenvalue weighted by Crippen LogP contribution is -2.44. The Morgan fingerprint density at radius 2 is 1.91 bits per heavy atom. The number of hydrogen-bond acceptors (Lipinski definition) is 2. The summed E-state index contributed by atoms with van der Waals surface area (Å²) in [7, 11) is 0. The molecule has 1 aromatic carbocycles. The van der Waals surface area contributed by atoms with Crippen LogP contribution in [0.4, 0.5) is 5.69 Å². The second-order valence-corrected chi connectivity index (χ2v) is 7.20.